The predicted molar refractivity (Wildman–Crippen MR) is 102 cm³/mol. The van der Waals surface area contributed by atoms with Gasteiger partial charge in [0.1, 0.15) is 11.1 Å². The first-order chi connectivity index (χ1) is 13.0. The highest BCUT2D eigenvalue weighted by Crippen LogP contribution is 2.21. The van der Waals surface area contributed by atoms with Crippen molar-refractivity contribution in [1.29, 1.82) is 0 Å². The molecule has 0 aliphatic heterocycles. The van der Waals surface area contributed by atoms with Crippen LogP contribution in [0.15, 0.2) is 56.4 Å². The Morgan fingerprint density at radius 2 is 2.22 bits per heavy atom. The van der Waals surface area contributed by atoms with Gasteiger partial charge >= 0.3 is 0 Å². The number of amides is 1. The number of H-pyrrole nitrogens is 1. The number of aromatic amines is 1. The van der Waals surface area contributed by atoms with E-state index in [1.54, 1.807) is 6.92 Å². The fraction of sp³-hybridized carbons (Fsp3) is 0.111. The molecule has 0 aliphatic carbocycles. The fourth-order valence-electron chi connectivity index (χ4n) is 2.77. The molecule has 7 nitrogen and oxygen atoms in total. The van der Waals surface area contributed by atoms with E-state index >= 15 is 0 Å². The Labute approximate surface area is 161 Å². The quantitative estimate of drug-likeness (QED) is 0.571. The molecule has 0 fully saturated rings. The zero-order valence-electron chi connectivity index (χ0n) is 14.1. The molecular formula is C18H13ClN4O3S. The monoisotopic (exact) mass is 400 g/mol. The Balaban J connectivity index is 1.77. The molecule has 0 spiro atoms. The molecule has 4 rings (SSSR count). The second-order valence-corrected chi connectivity index (χ2v) is 7.05. The molecule has 1 aromatic carbocycles. The number of aryl methyl sites for hydroxylation is 1. The van der Waals surface area contributed by atoms with Gasteiger partial charge in [-0.1, -0.05) is 29.8 Å². The van der Waals surface area contributed by atoms with Crippen molar-refractivity contribution in [3.63, 3.8) is 0 Å². The molecule has 9 heteroatoms. The molecule has 0 unspecified atom stereocenters. The van der Waals surface area contributed by atoms with E-state index in [0.29, 0.717) is 22.1 Å². The maximum atomic E-state index is 12.8. The van der Waals surface area contributed by atoms with E-state index in [4.69, 9.17) is 16.0 Å². The highest BCUT2D eigenvalue weighted by Gasteiger charge is 2.21. The SMILES string of the molecule is Cc1oc2nc[nH]c(=O)c2c1C(=O)N=c1sccn1Cc1ccccc1Cl. The Hall–Kier alpha value is -2.97. The minimum absolute atomic E-state index is 0.109. The summed E-state index contributed by atoms with van der Waals surface area (Å²) >= 11 is 7.53. The highest BCUT2D eigenvalue weighted by atomic mass is 35.5. The first kappa shape index (κ1) is 17.4. The van der Waals surface area contributed by atoms with Crippen LogP contribution in [0.2, 0.25) is 5.02 Å². The maximum absolute atomic E-state index is 12.8. The van der Waals surface area contributed by atoms with Gasteiger partial charge in [0.05, 0.1) is 18.4 Å². The summed E-state index contributed by atoms with van der Waals surface area (Å²) in [6, 6.07) is 7.48. The third-order valence-electron chi connectivity index (χ3n) is 4.04. The number of carbonyl (C=O) groups is 1. The molecule has 0 saturated carbocycles. The van der Waals surface area contributed by atoms with Gasteiger partial charge in [-0.2, -0.15) is 4.99 Å². The summed E-state index contributed by atoms with van der Waals surface area (Å²) in [5.41, 5.74) is 0.713. The number of hydrogen-bond acceptors (Lipinski definition) is 5. The van der Waals surface area contributed by atoms with Gasteiger partial charge in [0.25, 0.3) is 11.5 Å². The summed E-state index contributed by atoms with van der Waals surface area (Å²) in [7, 11) is 0. The van der Waals surface area contributed by atoms with Crippen molar-refractivity contribution >= 4 is 39.9 Å². The summed E-state index contributed by atoms with van der Waals surface area (Å²) in [5.74, 6) is -0.253. The summed E-state index contributed by atoms with van der Waals surface area (Å²) in [4.78, 5) is 36.0. The average molecular weight is 401 g/mol. The van der Waals surface area contributed by atoms with Gasteiger partial charge in [0.15, 0.2) is 4.80 Å². The van der Waals surface area contributed by atoms with Crippen molar-refractivity contribution in [3.8, 4) is 0 Å². The van der Waals surface area contributed by atoms with Crippen LogP contribution in [0, 0.1) is 6.92 Å². The molecule has 0 bridgehead atoms. The molecule has 136 valence electrons. The minimum atomic E-state index is -0.555. The second-order valence-electron chi connectivity index (χ2n) is 5.77. The molecule has 4 aromatic rings. The Morgan fingerprint density at radius 1 is 1.41 bits per heavy atom. The maximum Gasteiger partial charge on any atom is 0.284 e. The summed E-state index contributed by atoms with van der Waals surface area (Å²) in [5, 5.41) is 2.58. The number of benzene rings is 1. The standard InChI is InChI=1S/C18H13ClN4O3S/c1-10-13(14-15(24)20-9-21-17(14)26-10)16(25)22-18-23(6-7-27-18)8-11-4-2-3-5-12(11)19/h2-7,9H,8H2,1H3,(H,20,21,24). The zero-order valence-corrected chi connectivity index (χ0v) is 15.7. The molecule has 3 aromatic heterocycles. The van der Waals surface area contributed by atoms with Gasteiger partial charge in [-0.25, -0.2) is 4.98 Å². The summed E-state index contributed by atoms with van der Waals surface area (Å²) in [6.45, 7) is 2.08. The number of fused-ring (bicyclic) bond motifs is 1. The van der Waals surface area contributed by atoms with Crippen LogP contribution in [0.1, 0.15) is 21.7 Å². The van der Waals surface area contributed by atoms with Gasteiger partial charge < -0.3 is 14.0 Å². The molecule has 3 heterocycles. The first-order valence-electron chi connectivity index (χ1n) is 7.98. The summed E-state index contributed by atoms with van der Waals surface area (Å²) in [6.07, 6.45) is 3.06. The van der Waals surface area contributed by atoms with E-state index in [0.717, 1.165) is 5.56 Å². The molecule has 1 amide bonds. The molecule has 0 atom stereocenters. The largest absolute Gasteiger partial charge is 0.442 e. The fourth-order valence-corrected chi connectivity index (χ4v) is 3.69. The van der Waals surface area contributed by atoms with E-state index in [-0.39, 0.29) is 16.7 Å². The number of furan rings is 1. The van der Waals surface area contributed by atoms with E-state index in [2.05, 4.69) is 15.0 Å². The Bertz CT molecular complexity index is 1280. The lowest BCUT2D eigenvalue weighted by molar-refractivity contribution is 0.0997. The number of nitrogens with zero attached hydrogens (tertiary/aromatic N) is 3. The first-order valence-corrected chi connectivity index (χ1v) is 9.23. The third kappa shape index (κ3) is 3.24. The van der Waals surface area contributed by atoms with Gasteiger partial charge in [-0.05, 0) is 18.6 Å². The lowest BCUT2D eigenvalue weighted by atomic mass is 10.2. The van der Waals surface area contributed by atoms with Crippen molar-refractivity contribution in [2.45, 2.75) is 13.5 Å². The van der Waals surface area contributed by atoms with E-state index in [9.17, 15) is 9.59 Å². The molecule has 0 saturated heterocycles. The zero-order chi connectivity index (χ0) is 19.0. The second kappa shape index (κ2) is 6.98. The predicted octanol–water partition coefficient (Wildman–Crippen LogP) is 3.13. The van der Waals surface area contributed by atoms with Crippen LogP contribution in [0.4, 0.5) is 0 Å². The number of halogens is 1. The molecule has 0 radical (unpaired) electrons. The number of nitrogens with one attached hydrogen (secondary N) is 1. The third-order valence-corrected chi connectivity index (χ3v) is 5.20. The minimum Gasteiger partial charge on any atom is -0.442 e. The van der Waals surface area contributed by atoms with Gasteiger partial charge in [0.2, 0.25) is 5.71 Å². The van der Waals surface area contributed by atoms with Crippen molar-refractivity contribution in [3.05, 3.63) is 79.2 Å². The van der Waals surface area contributed by atoms with Crippen LogP contribution in [0.5, 0.6) is 0 Å². The van der Waals surface area contributed by atoms with Crippen molar-refractivity contribution in [1.82, 2.24) is 14.5 Å². The van der Waals surface area contributed by atoms with Crippen LogP contribution in [-0.2, 0) is 6.54 Å². The highest BCUT2D eigenvalue weighted by molar-refractivity contribution is 7.07. The number of carbonyl (C=O) groups excluding carboxylic acids is 1. The molecular weight excluding hydrogens is 388 g/mol. The van der Waals surface area contributed by atoms with Crippen LogP contribution in [-0.4, -0.2) is 20.4 Å². The number of aromatic nitrogens is 3. The van der Waals surface area contributed by atoms with Gasteiger partial charge in [0, 0.05) is 16.6 Å². The van der Waals surface area contributed by atoms with Crippen LogP contribution < -0.4 is 10.4 Å². The van der Waals surface area contributed by atoms with Gasteiger partial charge in [-0.15, -0.1) is 11.3 Å². The summed E-state index contributed by atoms with van der Waals surface area (Å²) < 4.78 is 7.25. The van der Waals surface area contributed by atoms with Crippen molar-refractivity contribution in [2.24, 2.45) is 4.99 Å². The van der Waals surface area contributed by atoms with E-state index in [1.807, 2.05) is 40.4 Å². The molecule has 0 aliphatic rings. The van der Waals surface area contributed by atoms with Crippen molar-refractivity contribution in [2.75, 3.05) is 0 Å². The molecule has 27 heavy (non-hydrogen) atoms. The molecule has 1 N–H and O–H groups in total. The number of rotatable bonds is 3. The van der Waals surface area contributed by atoms with E-state index in [1.165, 1.54) is 17.7 Å². The van der Waals surface area contributed by atoms with Crippen LogP contribution in [0.25, 0.3) is 11.1 Å². The van der Waals surface area contributed by atoms with E-state index < -0.39 is 11.5 Å². The van der Waals surface area contributed by atoms with Gasteiger partial charge in [-0.3, -0.25) is 9.59 Å². The van der Waals surface area contributed by atoms with Crippen LogP contribution >= 0.6 is 22.9 Å². The van der Waals surface area contributed by atoms with Crippen LogP contribution in [0.3, 0.4) is 0 Å². The number of thiazole rings is 1. The number of hydrogen-bond donors (Lipinski definition) is 1. The Morgan fingerprint density at radius 3 is 3.04 bits per heavy atom. The lowest BCUT2D eigenvalue weighted by Gasteiger charge is -2.05. The average Bonchev–Trinajstić information content (AvgIpc) is 3.21. The lowest BCUT2D eigenvalue weighted by Crippen LogP contribution is -2.18. The topological polar surface area (TPSA) is 93.2 Å². The van der Waals surface area contributed by atoms with Crippen molar-refractivity contribution < 1.29 is 9.21 Å². The smallest absolute Gasteiger partial charge is 0.284 e. The Kier molecular flexibility index (Phi) is 4.51. The normalized spacial score (nSPS) is 12.0.